The van der Waals surface area contributed by atoms with E-state index >= 15 is 0 Å². The van der Waals surface area contributed by atoms with Crippen LogP contribution in [0.25, 0.3) is 0 Å². The highest BCUT2D eigenvalue weighted by atomic mass is 35.5. The SMILES string of the molecule is COc1ccccc1C1CC(Nc2ccc(Cl)c(F)c2)C1. The molecule has 1 aliphatic carbocycles. The molecule has 3 rings (SSSR count). The lowest BCUT2D eigenvalue weighted by molar-refractivity contribution is 0.349. The molecule has 4 heteroatoms. The van der Waals surface area contributed by atoms with E-state index in [-0.39, 0.29) is 10.8 Å². The molecule has 1 fully saturated rings. The molecular weight excluding hydrogens is 289 g/mol. The molecule has 0 heterocycles. The summed E-state index contributed by atoms with van der Waals surface area (Å²) in [5, 5.41) is 3.50. The Bertz CT molecular complexity index is 640. The smallest absolute Gasteiger partial charge is 0.143 e. The number of methoxy groups -OCH3 is 1. The van der Waals surface area contributed by atoms with E-state index in [1.165, 1.54) is 11.6 Å². The van der Waals surface area contributed by atoms with E-state index in [1.54, 1.807) is 13.2 Å². The Labute approximate surface area is 128 Å². The molecule has 0 aromatic heterocycles. The van der Waals surface area contributed by atoms with Crippen LogP contribution in [0.15, 0.2) is 42.5 Å². The zero-order valence-electron chi connectivity index (χ0n) is 11.8. The summed E-state index contributed by atoms with van der Waals surface area (Å²) in [7, 11) is 1.70. The highest BCUT2D eigenvalue weighted by molar-refractivity contribution is 6.30. The van der Waals surface area contributed by atoms with Crippen molar-refractivity contribution in [1.29, 1.82) is 0 Å². The molecule has 0 amide bonds. The van der Waals surface area contributed by atoms with E-state index < -0.39 is 0 Å². The predicted molar refractivity (Wildman–Crippen MR) is 83.8 cm³/mol. The summed E-state index contributed by atoms with van der Waals surface area (Å²) in [5.74, 6) is 1.05. The summed E-state index contributed by atoms with van der Waals surface area (Å²) < 4.78 is 18.8. The minimum atomic E-state index is -0.387. The van der Waals surface area contributed by atoms with Crippen molar-refractivity contribution in [3.8, 4) is 5.75 Å². The second kappa shape index (κ2) is 5.94. The van der Waals surface area contributed by atoms with Gasteiger partial charge in [-0.3, -0.25) is 0 Å². The highest BCUT2D eigenvalue weighted by Crippen LogP contribution is 2.42. The fourth-order valence-electron chi connectivity index (χ4n) is 2.81. The summed E-state index contributed by atoms with van der Waals surface area (Å²) in [6, 6.07) is 13.3. The van der Waals surface area contributed by atoms with Crippen molar-refractivity contribution >= 4 is 17.3 Å². The van der Waals surface area contributed by atoms with Crippen molar-refractivity contribution in [2.45, 2.75) is 24.8 Å². The molecule has 0 saturated heterocycles. The average molecular weight is 306 g/mol. The van der Waals surface area contributed by atoms with Crippen LogP contribution in [0.4, 0.5) is 10.1 Å². The maximum absolute atomic E-state index is 13.4. The van der Waals surface area contributed by atoms with Crippen LogP contribution in [0.3, 0.4) is 0 Å². The van der Waals surface area contributed by atoms with Gasteiger partial charge >= 0.3 is 0 Å². The Morgan fingerprint density at radius 2 is 1.95 bits per heavy atom. The van der Waals surface area contributed by atoms with Gasteiger partial charge in [0.15, 0.2) is 0 Å². The van der Waals surface area contributed by atoms with Gasteiger partial charge in [0.05, 0.1) is 12.1 Å². The molecule has 2 aromatic rings. The lowest BCUT2D eigenvalue weighted by atomic mass is 9.75. The number of halogens is 2. The van der Waals surface area contributed by atoms with E-state index in [2.05, 4.69) is 11.4 Å². The molecule has 2 nitrogen and oxygen atoms in total. The number of hydrogen-bond acceptors (Lipinski definition) is 2. The highest BCUT2D eigenvalue weighted by Gasteiger charge is 2.31. The molecule has 2 aromatic carbocycles. The lowest BCUT2D eigenvalue weighted by Crippen LogP contribution is -2.34. The van der Waals surface area contributed by atoms with E-state index in [0.717, 1.165) is 24.3 Å². The molecule has 21 heavy (non-hydrogen) atoms. The molecule has 0 atom stereocenters. The van der Waals surface area contributed by atoms with Crippen LogP contribution >= 0.6 is 11.6 Å². The molecular formula is C17H17ClFNO. The number of ether oxygens (including phenoxy) is 1. The summed E-state index contributed by atoms with van der Waals surface area (Å²) in [6.07, 6.45) is 2.04. The topological polar surface area (TPSA) is 21.3 Å². The monoisotopic (exact) mass is 305 g/mol. The van der Waals surface area contributed by atoms with Crippen LogP contribution in [-0.4, -0.2) is 13.2 Å². The minimum Gasteiger partial charge on any atom is -0.496 e. The van der Waals surface area contributed by atoms with Crippen LogP contribution in [0.5, 0.6) is 5.75 Å². The third-order valence-corrected chi connectivity index (χ3v) is 4.31. The van der Waals surface area contributed by atoms with Gasteiger partial charge in [-0.25, -0.2) is 4.39 Å². The third-order valence-electron chi connectivity index (χ3n) is 4.01. The molecule has 0 radical (unpaired) electrons. The number of para-hydroxylation sites is 1. The summed E-state index contributed by atoms with van der Waals surface area (Å²) in [6.45, 7) is 0. The van der Waals surface area contributed by atoms with Gasteiger partial charge < -0.3 is 10.1 Å². The summed E-state index contributed by atoms with van der Waals surface area (Å²) >= 11 is 5.68. The van der Waals surface area contributed by atoms with Crippen molar-refractivity contribution in [3.05, 3.63) is 58.9 Å². The van der Waals surface area contributed by atoms with Crippen molar-refractivity contribution in [1.82, 2.24) is 0 Å². The first-order valence-corrected chi connectivity index (χ1v) is 7.39. The molecule has 0 unspecified atom stereocenters. The normalized spacial score (nSPS) is 20.7. The summed E-state index contributed by atoms with van der Waals surface area (Å²) in [4.78, 5) is 0. The van der Waals surface area contributed by atoms with Crippen LogP contribution in [0, 0.1) is 5.82 Å². The fourth-order valence-corrected chi connectivity index (χ4v) is 2.93. The maximum atomic E-state index is 13.4. The van der Waals surface area contributed by atoms with E-state index in [0.29, 0.717) is 12.0 Å². The Hall–Kier alpha value is -1.74. The molecule has 0 spiro atoms. The molecule has 1 N–H and O–H groups in total. The second-order valence-corrected chi connectivity index (χ2v) is 5.79. The molecule has 0 bridgehead atoms. The molecule has 1 saturated carbocycles. The van der Waals surface area contributed by atoms with Crippen LogP contribution in [0.1, 0.15) is 24.3 Å². The lowest BCUT2D eigenvalue weighted by Gasteiger charge is -2.37. The third kappa shape index (κ3) is 2.98. The van der Waals surface area contributed by atoms with Gasteiger partial charge in [-0.05, 0) is 48.6 Å². The number of anilines is 1. The van der Waals surface area contributed by atoms with Crippen LogP contribution < -0.4 is 10.1 Å². The first kappa shape index (κ1) is 14.2. The molecule has 1 aliphatic rings. The second-order valence-electron chi connectivity index (χ2n) is 5.38. The summed E-state index contributed by atoms with van der Waals surface area (Å²) in [5.41, 5.74) is 2.03. The van der Waals surface area contributed by atoms with Gasteiger partial charge in [0.1, 0.15) is 11.6 Å². The molecule has 0 aliphatic heterocycles. The first-order chi connectivity index (χ1) is 10.2. The zero-order chi connectivity index (χ0) is 14.8. The van der Waals surface area contributed by atoms with Gasteiger partial charge in [-0.15, -0.1) is 0 Å². The Kier molecular flexibility index (Phi) is 4.02. The quantitative estimate of drug-likeness (QED) is 0.872. The Morgan fingerprint density at radius 3 is 2.67 bits per heavy atom. The van der Waals surface area contributed by atoms with Gasteiger partial charge in [-0.2, -0.15) is 0 Å². The zero-order valence-corrected chi connectivity index (χ0v) is 12.5. The van der Waals surface area contributed by atoms with Gasteiger partial charge in [-0.1, -0.05) is 29.8 Å². The van der Waals surface area contributed by atoms with E-state index in [1.807, 2.05) is 24.3 Å². The number of nitrogens with one attached hydrogen (secondary N) is 1. The Morgan fingerprint density at radius 1 is 1.19 bits per heavy atom. The average Bonchev–Trinajstić information content (AvgIpc) is 2.46. The van der Waals surface area contributed by atoms with Gasteiger partial charge in [0, 0.05) is 11.7 Å². The fraction of sp³-hybridized carbons (Fsp3) is 0.294. The van der Waals surface area contributed by atoms with Crippen molar-refractivity contribution in [3.63, 3.8) is 0 Å². The van der Waals surface area contributed by atoms with E-state index in [4.69, 9.17) is 16.3 Å². The van der Waals surface area contributed by atoms with Crippen LogP contribution in [0.2, 0.25) is 5.02 Å². The number of rotatable bonds is 4. The number of hydrogen-bond donors (Lipinski definition) is 1. The standard InChI is InChI=1S/C17H17ClFNO/c1-21-17-5-3-2-4-14(17)11-8-13(9-11)20-12-6-7-15(18)16(19)10-12/h2-7,10-11,13,20H,8-9H2,1H3. The van der Waals surface area contributed by atoms with Crippen molar-refractivity contribution in [2.75, 3.05) is 12.4 Å². The first-order valence-electron chi connectivity index (χ1n) is 7.02. The Balaban J connectivity index is 1.62. The number of benzene rings is 2. The van der Waals surface area contributed by atoms with Crippen LogP contribution in [-0.2, 0) is 0 Å². The molecule has 110 valence electrons. The van der Waals surface area contributed by atoms with Crippen molar-refractivity contribution in [2.24, 2.45) is 0 Å². The minimum absolute atomic E-state index is 0.154. The van der Waals surface area contributed by atoms with Gasteiger partial charge in [0.2, 0.25) is 0 Å². The van der Waals surface area contributed by atoms with Crippen molar-refractivity contribution < 1.29 is 9.13 Å². The predicted octanol–water partition coefficient (Wildman–Crippen LogP) is 4.85. The maximum Gasteiger partial charge on any atom is 0.143 e. The van der Waals surface area contributed by atoms with E-state index in [9.17, 15) is 4.39 Å². The van der Waals surface area contributed by atoms with Gasteiger partial charge in [0.25, 0.3) is 0 Å². The largest absolute Gasteiger partial charge is 0.496 e.